The van der Waals surface area contributed by atoms with Crippen LogP contribution in [-0.2, 0) is 11.8 Å². The Morgan fingerprint density at radius 3 is 3.20 bits per heavy atom. The third-order valence-corrected chi connectivity index (χ3v) is 3.47. The first-order chi connectivity index (χ1) is 17.1. The van der Waals surface area contributed by atoms with Gasteiger partial charge < -0.3 is 9.64 Å². The molecule has 1 saturated carbocycles. The van der Waals surface area contributed by atoms with Crippen molar-refractivity contribution >= 4 is 0 Å². The number of benzene rings is 1. The van der Waals surface area contributed by atoms with E-state index in [9.17, 15) is 2.74 Å². The average Bonchev–Trinajstić information content (AvgIpc) is 2.78. The number of piperidine rings is 1. The van der Waals surface area contributed by atoms with Gasteiger partial charge in [0.05, 0.1) is 11.2 Å². The zero-order valence-corrected chi connectivity index (χ0v) is 10.9. The smallest absolute Gasteiger partial charge is 0.119 e. The number of likely N-dealkylation sites (tertiary alicyclic amines) is 1. The van der Waals surface area contributed by atoms with E-state index in [1.165, 1.54) is 0 Å². The van der Waals surface area contributed by atoms with Crippen LogP contribution >= 0.6 is 0 Å². The third-order valence-electron chi connectivity index (χ3n) is 3.47. The van der Waals surface area contributed by atoms with E-state index in [0.717, 1.165) is 7.11 Å². The number of hydrogen-bond donors (Lipinski definition) is 0. The molecule has 1 aliphatic heterocycles. The fraction of sp³-hybridized carbons (Fsp3) is 0.667. The highest BCUT2D eigenvalue weighted by molar-refractivity contribution is 5.45. The van der Waals surface area contributed by atoms with Crippen molar-refractivity contribution in [2.24, 2.45) is 5.89 Å². The van der Waals surface area contributed by atoms with Crippen molar-refractivity contribution in [3.05, 3.63) is 29.3 Å². The second kappa shape index (κ2) is 4.49. The zero-order chi connectivity index (χ0) is 30.7. The van der Waals surface area contributed by atoms with Crippen molar-refractivity contribution in [3.8, 4) is 5.75 Å². The summed E-state index contributed by atoms with van der Waals surface area (Å²) in [5.74, 6) is -4.97. The highest BCUT2D eigenvalue weighted by Crippen LogP contribution is 2.55. The SMILES string of the molecule is [2H]c1c([2H])c2c(c([2H])c1OC)[C@@]13C([2H])([2H])C([2H])([2H])N(C)[C@@]([2H])(C2([2H])[2H])[C@@]1([2H])C([2H])([2H])C([2H])([2H])C([2H])([2H])C3([2H])[2H]. The van der Waals surface area contributed by atoms with Crippen LogP contribution < -0.4 is 4.74 Å². The quantitative estimate of drug-likeness (QED) is 0.786. The maximum Gasteiger partial charge on any atom is 0.119 e. The van der Waals surface area contributed by atoms with Crippen molar-refractivity contribution in [2.75, 3.05) is 20.7 Å². The lowest BCUT2D eigenvalue weighted by Gasteiger charge is -2.58. The van der Waals surface area contributed by atoms with Gasteiger partial charge in [-0.05, 0) is 68.1 Å². The standard InChI is InChI=1S/C18H25NO/c1-19-10-9-18-8-4-3-5-15(18)17(19)11-13-6-7-14(20-2)12-16(13)18/h6-7,12,15,17H,3-5,8-11H2,1-2H3/t15-,17+,18+/m1/s1/i3D2,4D2,5D2,6D,7D,8D2,9D2,10D2,11D2,12D,15D,17D. The van der Waals surface area contributed by atoms with Gasteiger partial charge in [-0.2, -0.15) is 0 Å². The highest BCUT2D eigenvalue weighted by atomic mass is 16.5. The van der Waals surface area contributed by atoms with E-state index >= 15 is 0 Å². The van der Waals surface area contributed by atoms with Crippen LogP contribution in [0.1, 0.15) is 69.0 Å². The molecule has 1 heterocycles. The average molecular weight is 291 g/mol. The highest BCUT2D eigenvalue weighted by Gasteiger charge is 2.53. The van der Waals surface area contributed by atoms with Crippen molar-refractivity contribution in [3.63, 3.8) is 0 Å². The molecule has 0 radical (unpaired) electrons. The molecule has 0 N–H and O–H groups in total. The fourth-order valence-electron chi connectivity index (χ4n) is 2.48. The molecule has 20 heavy (non-hydrogen) atoms. The molecule has 2 heteroatoms. The van der Waals surface area contributed by atoms with Crippen molar-refractivity contribution in [2.45, 2.75) is 49.7 Å². The van der Waals surface area contributed by atoms with Gasteiger partial charge in [0.1, 0.15) is 5.75 Å². The summed E-state index contributed by atoms with van der Waals surface area (Å²) in [5, 5.41) is 0. The summed E-state index contributed by atoms with van der Waals surface area (Å²) in [6.07, 6.45) is -24.2. The number of ether oxygens (including phenoxy) is 1. The van der Waals surface area contributed by atoms with Crippen LogP contribution in [-0.4, -0.2) is 31.6 Å². The third kappa shape index (κ3) is 1.60. The number of hydrogen-bond acceptors (Lipinski definition) is 2. The molecule has 2 bridgehead atoms. The van der Waals surface area contributed by atoms with Gasteiger partial charge in [0.2, 0.25) is 0 Å². The first-order valence-corrected chi connectivity index (χ1v) is 6.01. The van der Waals surface area contributed by atoms with Gasteiger partial charge in [-0.3, -0.25) is 0 Å². The van der Waals surface area contributed by atoms with Crippen LogP contribution in [0.25, 0.3) is 0 Å². The second-order valence-electron chi connectivity index (χ2n) is 4.55. The summed E-state index contributed by atoms with van der Waals surface area (Å²) in [6.45, 7) is -3.67. The minimum Gasteiger partial charge on any atom is -0.497 e. The lowest BCUT2D eigenvalue weighted by molar-refractivity contribution is 0.00274. The Hall–Kier alpha value is -1.02. The van der Waals surface area contributed by atoms with Crippen LogP contribution in [0.15, 0.2) is 18.1 Å². The summed E-state index contributed by atoms with van der Waals surface area (Å²) in [5.41, 5.74) is -6.59. The maximum atomic E-state index is 9.54. The summed E-state index contributed by atoms with van der Waals surface area (Å²) >= 11 is 0. The van der Waals surface area contributed by atoms with E-state index in [4.69, 9.17) is 28.0 Å². The predicted molar refractivity (Wildman–Crippen MR) is 81.4 cm³/mol. The molecule has 1 aromatic rings. The lowest BCUT2D eigenvalue weighted by atomic mass is 9.52. The Balaban J connectivity index is 2.57. The number of likely N-dealkylation sites (N-methyl/N-ethyl adjacent to an activating group) is 1. The van der Waals surface area contributed by atoms with Gasteiger partial charge in [0.15, 0.2) is 0 Å². The molecule has 0 aromatic heterocycles. The van der Waals surface area contributed by atoms with Crippen molar-refractivity contribution in [1.29, 1.82) is 0 Å². The lowest BCUT2D eigenvalue weighted by Crippen LogP contribution is -2.59. The van der Waals surface area contributed by atoms with E-state index in [0.29, 0.717) is 7.05 Å². The molecular weight excluding hydrogens is 246 g/mol. The van der Waals surface area contributed by atoms with Crippen LogP contribution in [0, 0.1) is 5.89 Å². The minimum absolute atomic E-state index is 0.00990. The van der Waals surface area contributed by atoms with Gasteiger partial charge in [-0.15, -0.1) is 0 Å². The molecule has 0 spiro atoms. The van der Waals surface area contributed by atoms with Crippen LogP contribution in [0.5, 0.6) is 5.75 Å². The number of nitrogens with zero attached hydrogens (tertiary/aromatic N) is 1. The fourth-order valence-corrected chi connectivity index (χ4v) is 2.48. The normalized spacial score (nSPS) is 75.0. The maximum absolute atomic E-state index is 9.54. The van der Waals surface area contributed by atoms with E-state index in [1.54, 1.807) is 0 Å². The Morgan fingerprint density at radius 2 is 2.35 bits per heavy atom. The Labute approximate surface area is 148 Å². The summed E-state index contributed by atoms with van der Waals surface area (Å²) in [4.78, 5) is 0.00990. The first-order valence-electron chi connectivity index (χ1n) is 15.5. The number of rotatable bonds is 1. The zero-order valence-electron chi connectivity index (χ0n) is 29.9. The molecule has 2 fully saturated rings. The molecule has 1 aromatic carbocycles. The topological polar surface area (TPSA) is 12.5 Å². The van der Waals surface area contributed by atoms with Crippen molar-refractivity contribution < 1.29 is 30.8 Å². The number of methoxy groups -OCH3 is 1. The molecule has 3 aliphatic rings. The summed E-state index contributed by atoms with van der Waals surface area (Å²) in [6, 6.07) is -7.16. The van der Waals surface area contributed by atoms with Gasteiger partial charge in [0, 0.05) is 33.4 Å². The molecular formula is C18H25NO. The molecule has 2 nitrogen and oxygen atoms in total. The van der Waals surface area contributed by atoms with Gasteiger partial charge in [0.25, 0.3) is 0 Å². The Bertz CT molecular complexity index is 1290. The van der Waals surface area contributed by atoms with E-state index in [1.807, 2.05) is 0 Å². The van der Waals surface area contributed by atoms with Gasteiger partial charge >= 0.3 is 0 Å². The molecule has 3 atom stereocenters. The Morgan fingerprint density at radius 1 is 1.45 bits per heavy atom. The first kappa shape index (κ1) is 3.65. The number of fused-ring (bicyclic) bond motifs is 1. The van der Waals surface area contributed by atoms with E-state index in [2.05, 4.69) is 0 Å². The van der Waals surface area contributed by atoms with Crippen molar-refractivity contribution in [1.82, 2.24) is 4.90 Å². The van der Waals surface area contributed by atoms with Gasteiger partial charge in [-0.25, -0.2) is 0 Å². The molecule has 0 amide bonds. The Kier molecular flexibility index (Phi) is 0.820. The monoisotopic (exact) mass is 290 g/mol. The minimum atomic E-state index is -4.19. The van der Waals surface area contributed by atoms with E-state index < -0.39 is 97.1 Å². The molecule has 108 valence electrons. The largest absolute Gasteiger partial charge is 0.497 e. The van der Waals surface area contributed by atoms with Crippen LogP contribution in [0.2, 0.25) is 0 Å². The molecule has 4 rings (SSSR count). The molecule has 1 saturated heterocycles. The predicted octanol–water partition coefficient (Wildman–Crippen LogP) is 3.38. The summed E-state index contributed by atoms with van der Waals surface area (Å²) < 4.78 is 172. The van der Waals surface area contributed by atoms with Crippen LogP contribution in [0.3, 0.4) is 0 Å². The van der Waals surface area contributed by atoms with E-state index in [-0.39, 0.29) is 4.90 Å². The van der Waals surface area contributed by atoms with Crippen LogP contribution in [0.4, 0.5) is 0 Å². The van der Waals surface area contributed by atoms with Gasteiger partial charge in [-0.1, -0.05) is 18.8 Å². The molecule has 0 unspecified atom stereocenters. The summed E-state index contributed by atoms with van der Waals surface area (Å²) in [7, 11) is 1.54. The second-order valence-corrected chi connectivity index (χ2v) is 4.55. The molecule has 2 aliphatic carbocycles.